The van der Waals surface area contributed by atoms with E-state index in [-0.39, 0.29) is 27.5 Å². The van der Waals surface area contributed by atoms with Crippen LogP contribution in [0.5, 0.6) is 11.6 Å². The Hall–Kier alpha value is -3.50. The van der Waals surface area contributed by atoms with Crippen molar-refractivity contribution in [2.24, 2.45) is 7.05 Å². The minimum absolute atomic E-state index is 0.0414. The first-order valence-electron chi connectivity index (χ1n) is 9.73. The largest absolute Gasteiger partial charge is 0.434 e. The standard InChI is InChI=1S/C22H19ClFN5O3S/c1-13-6-4-7-14(2)20(13)18-10-19(32-21-16(23)8-5-9-17(21)24)27-22(26-18)28-33(30,31)15-11-25-29(3)12-15/h4-12H,1-3H3,(H,26,27,28). The van der Waals surface area contributed by atoms with Crippen LogP contribution < -0.4 is 9.46 Å². The SMILES string of the molecule is Cc1cccc(C)c1-c1cc(Oc2c(F)cccc2Cl)nc(NS(=O)(=O)c2cnn(C)c2)n1. The van der Waals surface area contributed by atoms with Crippen LogP contribution in [0.25, 0.3) is 11.3 Å². The van der Waals surface area contributed by atoms with Crippen molar-refractivity contribution in [3.63, 3.8) is 0 Å². The van der Waals surface area contributed by atoms with Gasteiger partial charge in [-0.25, -0.2) is 22.5 Å². The average molecular weight is 488 g/mol. The van der Waals surface area contributed by atoms with Gasteiger partial charge in [-0.3, -0.25) is 4.68 Å². The molecule has 2 aromatic carbocycles. The molecule has 0 aliphatic rings. The third kappa shape index (κ3) is 4.81. The molecule has 0 spiro atoms. The predicted octanol–water partition coefficient (Wildman–Crippen LogP) is 4.88. The number of para-hydroxylation sites is 1. The molecule has 0 radical (unpaired) electrons. The summed E-state index contributed by atoms with van der Waals surface area (Å²) in [6, 6.07) is 11.3. The lowest BCUT2D eigenvalue weighted by molar-refractivity contribution is 0.428. The first kappa shape index (κ1) is 22.7. The van der Waals surface area contributed by atoms with Gasteiger partial charge < -0.3 is 4.74 Å². The summed E-state index contributed by atoms with van der Waals surface area (Å²) >= 11 is 6.09. The highest BCUT2D eigenvalue weighted by Gasteiger charge is 2.21. The molecular formula is C22H19ClFN5O3S. The third-order valence-electron chi connectivity index (χ3n) is 4.78. The van der Waals surface area contributed by atoms with Gasteiger partial charge in [-0.1, -0.05) is 35.9 Å². The summed E-state index contributed by atoms with van der Waals surface area (Å²) in [6.45, 7) is 3.80. The van der Waals surface area contributed by atoms with Crippen LogP contribution in [-0.4, -0.2) is 28.2 Å². The molecule has 0 bridgehead atoms. The van der Waals surface area contributed by atoms with E-state index in [1.165, 1.54) is 41.3 Å². The Labute approximate surface area is 195 Å². The molecule has 0 saturated carbocycles. The fraction of sp³-hybridized carbons (Fsp3) is 0.136. The number of benzene rings is 2. The van der Waals surface area contributed by atoms with Gasteiger partial charge in [-0.2, -0.15) is 10.1 Å². The molecule has 0 saturated heterocycles. The van der Waals surface area contributed by atoms with E-state index in [2.05, 4.69) is 19.8 Å². The fourth-order valence-corrected chi connectivity index (χ4v) is 4.40. The molecule has 4 rings (SSSR count). The number of nitrogens with zero attached hydrogens (tertiary/aromatic N) is 4. The first-order valence-corrected chi connectivity index (χ1v) is 11.6. The number of aryl methyl sites for hydroxylation is 3. The van der Waals surface area contributed by atoms with Crippen LogP contribution in [0.1, 0.15) is 11.1 Å². The zero-order chi connectivity index (χ0) is 23.8. The predicted molar refractivity (Wildman–Crippen MR) is 122 cm³/mol. The Kier molecular flexibility index (Phi) is 6.05. The van der Waals surface area contributed by atoms with Gasteiger partial charge >= 0.3 is 0 Å². The topological polar surface area (TPSA) is 99.0 Å². The Morgan fingerprint density at radius 3 is 2.42 bits per heavy atom. The molecule has 0 aliphatic heterocycles. The number of halogens is 2. The van der Waals surface area contributed by atoms with Gasteiger partial charge in [0.1, 0.15) is 4.90 Å². The Bertz CT molecular complexity index is 1420. The molecule has 2 heterocycles. The van der Waals surface area contributed by atoms with Crippen LogP contribution in [0.2, 0.25) is 5.02 Å². The van der Waals surface area contributed by atoms with E-state index < -0.39 is 15.8 Å². The molecule has 0 amide bonds. The maximum atomic E-state index is 14.3. The summed E-state index contributed by atoms with van der Waals surface area (Å²) in [5, 5.41) is 3.92. The number of hydrogen-bond donors (Lipinski definition) is 1. The number of hydrogen-bond acceptors (Lipinski definition) is 6. The summed E-state index contributed by atoms with van der Waals surface area (Å²) in [4.78, 5) is 8.47. The van der Waals surface area contributed by atoms with E-state index in [1.807, 2.05) is 32.0 Å². The zero-order valence-corrected chi connectivity index (χ0v) is 19.4. The van der Waals surface area contributed by atoms with E-state index in [9.17, 15) is 12.8 Å². The normalized spacial score (nSPS) is 11.4. The van der Waals surface area contributed by atoms with E-state index in [1.54, 1.807) is 7.05 Å². The van der Waals surface area contributed by atoms with Crippen LogP contribution in [-0.2, 0) is 17.1 Å². The lowest BCUT2D eigenvalue weighted by Crippen LogP contribution is -2.15. The number of sulfonamides is 1. The quantitative estimate of drug-likeness (QED) is 0.416. The smallest absolute Gasteiger partial charge is 0.267 e. The molecule has 0 fully saturated rings. The van der Waals surface area contributed by atoms with Gasteiger partial charge in [0.05, 0.1) is 16.9 Å². The molecule has 0 unspecified atom stereocenters. The average Bonchev–Trinajstić information content (AvgIpc) is 3.18. The highest BCUT2D eigenvalue weighted by atomic mass is 35.5. The molecule has 0 atom stereocenters. The molecule has 0 aliphatic carbocycles. The van der Waals surface area contributed by atoms with Crippen molar-refractivity contribution in [2.45, 2.75) is 18.7 Å². The Balaban J connectivity index is 1.83. The van der Waals surface area contributed by atoms with Crippen molar-refractivity contribution in [2.75, 3.05) is 4.72 Å². The van der Waals surface area contributed by atoms with Gasteiger partial charge in [0.15, 0.2) is 11.6 Å². The van der Waals surface area contributed by atoms with E-state index in [0.717, 1.165) is 16.7 Å². The maximum Gasteiger partial charge on any atom is 0.267 e. The molecule has 1 N–H and O–H groups in total. The number of aromatic nitrogens is 4. The van der Waals surface area contributed by atoms with Gasteiger partial charge in [0.25, 0.3) is 10.0 Å². The van der Waals surface area contributed by atoms with Crippen molar-refractivity contribution < 1.29 is 17.5 Å². The van der Waals surface area contributed by atoms with Crippen molar-refractivity contribution in [1.82, 2.24) is 19.7 Å². The molecule has 8 nitrogen and oxygen atoms in total. The van der Waals surface area contributed by atoms with E-state index >= 15 is 0 Å². The summed E-state index contributed by atoms with van der Waals surface area (Å²) < 4.78 is 49.3. The third-order valence-corrected chi connectivity index (χ3v) is 6.36. The van der Waals surface area contributed by atoms with Crippen LogP contribution in [0.4, 0.5) is 10.3 Å². The molecular weight excluding hydrogens is 469 g/mol. The van der Waals surface area contributed by atoms with Crippen LogP contribution in [0.15, 0.2) is 59.8 Å². The Morgan fingerprint density at radius 1 is 1.09 bits per heavy atom. The second-order valence-corrected chi connectivity index (χ2v) is 9.38. The lowest BCUT2D eigenvalue weighted by Gasteiger charge is -2.14. The van der Waals surface area contributed by atoms with E-state index in [0.29, 0.717) is 5.69 Å². The van der Waals surface area contributed by atoms with Crippen LogP contribution >= 0.6 is 11.6 Å². The monoisotopic (exact) mass is 487 g/mol. The van der Waals surface area contributed by atoms with Gasteiger partial charge in [-0.15, -0.1) is 0 Å². The first-order chi connectivity index (χ1) is 15.6. The molecule has 33 heavy (non-hydrogen) atoms. The van der Waals surface area contributed by atoms with Gasteiger partial charge in [0.2, 0.25) is 11.8 Å². The van der Waals surface area contributed by atoms with Crippen LogP contribution in [0, 0.1) is 19.7 Å². The Morgan fingerprint density at radius 2 is 1.79 bits per heavy atom. The van der Waals surface area contributed by atoms with Crippen molar-refractivity contribution in [3.05, 3.63) is 76.8 Å². The second kappa shape index (κ2) is 8.80. The molecule has 4 aromatic rings. The van der Waals surface area contributed by atoms with Gasteiger partial charge in [-0.05, 0) is 37.1 Å². The number of anilines is 1. The maximum absolute atomic E-state index is 14.3. The van der Waals surface area contributed by atoms with Crippen molar-refractivity contribution in [3.8, 4) is 22.9 Å². The summed E-state index contributed by atoms with van der Waals surface area (Å²) in [5.74, 6) is -1.25. The summed E-state index contributed by atoms with van der Waals surface area (Å²) in [6.07, 6.45) is 2.54. The molecule has 11 heteroatoms. The molecule has 2 aromatic heterocycles. The summed E-state index contributed by atoms with van der Waals surface area (Å²) in [7, 11) is -2.43. The molecule has 170 valence electrons. The van der Waals surface area contributed by atoms with Gasteiger partial charge in [0, 0.05) is 24.9 Å². The van der Waals surface area contributed by atoms with E-state index in [4.69, 9.17) is 16.3 Å². The highest BCUT2D eigenvalue weighted by molar-refractivity contribution is 7.92. The lowest BCUT2D eigenvalue weighted by atomic mass is 10.00. The van der Waals surface area contributed by atoms with Crippen molar-refractivity contribution in [1.29, 1.82) is 0 Å². The minimum Gasteiger partial charge on any atom is -0.434 e. The number of nitrogens with one attached hydrogen (secondary N) is 1. The minimum atomic E-state index is -4.03. The second-order valence-electron chi connectivity index (χ2n) is 7.29. The number of rotatable bonds is 6. The van der Waals surface area contributed by atoms with Crippen molar-refractivity contribution >= 4 is 27.6 Å². The fourth-order valence-electron chi connectivity index (χ4n) is 3.27. The summed E-state index contributed by atoms with van der Waals surface area (Å²) in [5.41, 5.74) is 2.98. The highest BCUT2D eigenvalue weighted by Crippen LogP contribution is 2.34. The number of ether oxygens (including phenoxy) is 1. The van der Waals surface area contributed by atoms with Crippen LogP contribution in [0.3, 0.4) is 0 Å². The zero-order valence-electron chi connectivity index (χ0n) is 17.9.